The molecule has 0 unspecified atom stereocenters. The van der Waals surface area contributed by atoms with Crippen LogP contribution in [0.5, 0.6) is 0 Å². The number of carbonyl (C=O) groups excluding carboxylic acids is 1. The van der Waals surface area contributed by atoms with Crippen molar-refractivity contribution in [3.8, 4) is 0 Å². The van der Waals surface area contributed by atoms with Crippen molar-refractivity contribution in [2.45, 2.75) is 55.2 Å². The number of benzene rings is 1. The van der Waals surface area contributed by atoms with Gasteiger partial charge >= 0.3 is 0 Å². The maximum atomic E-state index is 12.4. The molecule has 3 heterocycles. The molecule has 0 saturated carbocycles. The molecule has 2 aliphatic rings. The number of nitrogens with zero attached hydrogens (tertiary/aromatic N) is 4. The standard InChI is InChI=1S/C25H33ClN4OS/c1-2-3-4-5-11-24(31)29-16-14-28(15-17-29)12-8-13-30-21-9-6-7-10-22(21)32-23-18-20(26)19-27-25(23)30/h6-7,9-10,18-19H,2-5,8,11-17H2,1H3. The first-order chi connectivity index (χ1) is 15.7. The van der Waals surface area contributed by atoms with E-state index in [-0.39, 0.29) is 0 Å². The Morgan fingerprint density at radius 2 is 1.84 bits per heavy atom. The highest BCUT2D eigenvalue weighted by molar-refractivity contribution is 7.99. The van der Waals surface area contributed by atoms with Crippen molar-refractivity contribution in [1.82, 2.24) is 14.8 Å². The summed E-state index contributed by atoms with van der Waals surface area (Å²) in [6.07, 6.45) is 8.14. The Balaban J connectivity index is 1.27. The number of aromatic nitrogens is 1. The molecule has 1 saturated heterocycles. The molecule has 1 amide bonds. The van der Waals surface area contributed by atoms with Crippen molar-refractivity contribution in [3.05, 3.63) is 41.6 Å². The van der Waals surface area contributed by atoms with Crippen molar-refractivity contribution in [2.75, 3.05) is 44.2 Å². The normalized spacial score (nSPS) is 16.1. The fourth-order valence-electron chi connectivity index (χ4n) is 4.45. The van der Waals surface area contributed by atoms with Crippen molar-refractivity contribution >= 4 is 40.8 Å². The van der Waals surface area contributed by atoms with E-state index in [1.54, 1.807) is 18.0 Å². The number of carbonyl (C=O) groups is 1. The van der Waals surface area contributed by atoms with Crippen LogP contribution in [-0.4, -0.2) is 60.0 Å². The summed E-state index contributed by atoms with van der Waals surface area (Å²) in [6.45, 7) is 7.81. The second-order valence-corrected chi connectivity index (χ2v) is 10.1. The highest BCUT2D eigenvalue weighted by atomic mass is 35.5. The van der Waals surface area contributed by atoms with Gasteiger partial charge in [0.2, 0.25) is 5.91 Å². The summed E-state index contributed by atoms with van der Waals surface area (Å²) in [5.74, 6) is 1.33. The Labute approximate surface area is 201 Å². The second kappa shape index (κ2) is 11.4. The van der Waals surface area contributed by atoms with Gasteiger partial charge < -0.3 is 9.80 Å². The van der Waals surface area contributed by atoms with E-state index in [1.165, 1.54) is 29.8 Å². The van der Waals surface area contributed by atoms with Gasteiger partial charge in [-0.15, -0.1) is 0 Å². The van der Waals surface area contributed by atoms with E-state index in [0.717, 1.165) is 62.8 Å². The largest absolute Gasteiger partial charge is 0.340 e. The predicted octanol–water partition coefficient (Wildman–Crippen LogP) is 5.84. The van der Waals surface area contributed by atoms with E-state index in [2.05, 4.69) is 50.9 Å². The molecule has 172 valence electrons. The molecule has 1 fully saturated rings. The van der Waals surface area contributed by atoms with Crippen LogP contribution in [0.25, 0.3) is 0 Å². The summed E-state index contributed by atoms with van der Waals surface area (Å²) in [5, 5.41) is 0.674. The minimum Gasteiger partial charge on any atom is -0.340 e. The van der Waals surface area contributed by atoms with Crippen molar-refractivity contribution in [1.29, 1.82) is 0 Å². The lowest BCUT2D eigenvalue weighted by Crippen LogP contribution is -2.49. The topological polar surface area (TPSA) is 39.7 Å². The highest BCUT2D eigenvalue weighted by Crippen LogP contribution is 2.47. The van der Waals surface area contributed by atoms with Crippen LogP contribution < -0.4 is 4.90 Å². The first-order valence-electron chi connectivity index (χ1n) is 11.9. The van der Waals surface area contributed by atoms with E-state index in [1.807, 2.05) is 6.07 Å². The number of fused-ring (bicyclic) bond motifs is 2. The first-order valence-corrected chi connectivity index (χ1v) is 13.0. The number of hydrogen-bond acceptors (Lipinski definition) is 5. The fraction of sp³-hybridized carbons (Fsp3) is 0.520. The molecule has 0 radical (unpaired) electrons. The Morgan fingerprint density at radius 1 is 1.03 bits per heavy atom. The van der Waals surface area contributed by atoms with Gasteiger partial charge in [0.05, 0.1) is 15.6 Å². The van der Waals surface area contributed by atoms with E-state index >= 15 is 0 Å². The number of anilines is 2. The lowest BCUT2D eigenvalue weighted by Gasteiger charge is -2.36. The molecule has 7 heteroatoms. The van der Waals surface area contributed by atoms with Crippen LogP contribution in [0.4, 0.5) is 11.5 Å². The molecule has 0 N–H and O–H groups in total. The van der Waals surface area contributed by atoms with Crippen LogP contribution in [0, 0.1) is 0 Å². The Kier molecular flexibility index (Phi) is 8.33. The number of rotatable bonds is 9. The molecule has 0 aliphatic carbocycles. The fourth-order valence-corrected chi connectivity index (χ4v) is 5.78. The number of piperazine rings is 1. The number of pyridine rings is 1. The van der Waals surface area contributed by atoms with Gasteiger partial charge in [-0.2, -0.15) is 0 Å². The molecule has 1 aromatic carbocycles. The molecule has 2 aromatic rings. The molecule has 5 nitrogen and oxygen atoms in total. The third-order valence-corrected chi connectivity index (χ3v) is 7.55. The van der Waals surface area contributed by atoms with Crippen LogP contribution in [0.3, 0.4) is 0 Å². The van der Waals surface area contributed by atoms with Crippen LogP contribution in [0.2, 0.25) is 5.02 Å². The van der Waals surface area contributed by atoms with Gasteiger partial charge in [-0.3, -0.25) is 9.69 Å². The number of hydrogen-bond donors (Lipinski definition) is 0. The first kappa shape index (κ1) is 23.4. The average molecular weight is 473 g/mol. The van der Waals surface area contributed by atoms with E-state index in [0.29, 0.717) is 17.4 Å². The Hall–Kier alpha value is -1.76. The third-order valence-electron chi connectivity index (χ3n) is 6.26. The molecule has 4 rings (SSSR count). The zero-order chi connectivity index (χ0) is 22.3. The van der Waals surface area contributed by atoms with E-state index in [9.17, 15) is 4.79 Å². The number of unbranched alkanes of at least 4 members (excludes halogenated alkanes) is 3. The van der Waals surface area contributed by atoms with E-state index < -0.39 is 0 Å². The monoisotopic (exact) mass is 472 g/mol. The summed E-state index contributed by atoms with van der Waals surface area (Å²) in [6, 6.07) is 10.5. The lowest BCUT2D eigenvalue weighted by atomic mass is 10.1. The van der Waals surface area contributed by atoms with Gasteiger partial charge in [0.25, 0.3) is 0 Å². The highest BCUT2D eigenvalue weighted by Gasteiger charge is 2.25. The molecule has 2 aliphatic heterocycles. The van der Waals surface area contributed by atoms with Crippen molar-refractivity contribution < 1.29 is 4.79 Å². The Morgan fingerprint density at radius 3 is 2.66 bits per heavy atom. The quantitative estimate of drug-likeness (QED) is 0.428. The molecule has 0 spiro atoms. The Bertz CT molecular complexity index is 917. The predicted molar refractivity (Wildman–Crippen MR) is 133 cm³/mol. The minimum absolute atomic E-state index is 0.338. The van der Waals surface area contributed by atoms with Gasteiger partial charge in [-0.05, 0) is 37.6 Å². The molecular formula is C25H33ClN4OS. The summed E-state index contributed by atoms with van der Waals surface area (Å²) in [4.78, 5) is 26.3. The average Bonchev–Trinajstić information content (AvgIpc) is 2.81. The molecular weight excluding hydrogens is 440 g/mol. The molecule has 1 aromatic heterocycles. The van der Waals surface area contributed by atoms with Gasteiger partial charge in [0, 0.05) is 50.2 Å². The number of halogens is 1. The smallest absolute Gasteiger partial charge is 0.222 e. The van der Waals surface area contributed by atoms with E-state index in [4.69, 9.17) is 11.6 Å². The van der Waals surface area contributed by atoms with Crippen LogP contribution >= 0.6 is 23.4 Å². The zero-order valence-electron chi connectivity index (χ0n) is 18.9. The van der Waals surface area contributed by atoms with Gasteiger partial charge in [0.15, 0.2) is 0 Å². The minimum atomic E-state index is 0.338. The summed E-state index contributed by atoms with van der Waals surface area (Å²) >= 11 is 7.94. The van der Waals surface area contributed by atoms with Crippen molar-refractivity contribution in [3.63, 3.8) is 0 Å². The third kappa shape index (κ3) is 5.77. The lowest BCUT2D eigenvalue weighted by molar-refractivity contribution is -0.133. The van der Waals surface area contributed by atoms with Crippen LogP contribution in [0.1, 0.15) is 45.4 Å². The van der Waals surface area contributed by atoms with Gasteiger partial charge in [-0.25, -0.2) is 4.98 Å². The summed E-state index contributed by atoms with van der Waals surface area (Å²) < 4.78 is 0. The van der Waals surface area contributed by atoms with Crippen LogP contribution in [0.15, 0.2) is 46.3 Å². The summed E-state index contributed by atoms with van der Waals surface area (Å²) in [5.41, 5.74) is 1.22. The second-order valence-electron chi connectivity index (χ2n) is 8.58. The molecule has 0 atom stereocenters. The number of para-hydroxylation sites is 1. The van der Waals surface area contributed by atoms with Gasteiger partial charge in [0.1, 0.15) is 5.82 Å². The zero-order valence-corrected chi connectivity index (χ0v) is 20.5. The maximum absolute atomic E-state index is 12.4. The molecule has 32 heavy (non-hydrogen) atoms. The number of amides is 1. The van der Waals surface area contributed by atoms with Crippen LogP contribution in [-0.2, 0) is 4.79 Å². The SMILES string of the molecule is CCCCCCC(=O)N1CCN(CCCN2c3ccccc3Sc3cc(Cl)cnc32)CC1. The summed E-state index contributed by atoms with van der Waals surface area (Å²) in [7, 11) is 0. The maximum Gasteiger partial charge on any atom is 0.222 e. The van der Waals surface area contributed by atoms with Gasteiger partial charge in [-0.1, -0.05) is 61.7 Å². The molecule has 0 bridgehead atoms. The van der Waals surface area contributed by atoms with Crippen molar-refractivity contribution in [2.24, 2.45) is 0 Å².